The van der Waals surface area contributed by atoms with Crippen LogP contribution >= 0.6 is 0 Å². The van der Waals surface area contributed by atoms with Gasteiger partial charge in [-0.3, -0.25) is 9.36 Å². The minimum absolute atomic E-state index is 0. The molecule has 0 unspecified atom stereocenters. The Balaban J connectivity index is 0.00000280. The third-order valence-electron chi connectivity index (χ3n) is 7.10. The number of imidazole rings is 1. The lowest BCUT2D eigenvalue weighted by Gasteiger charge is -2.27. The first-order valence-corrected chi connectivity index (χ1v) is 12.3. The standard InChI is InChI=1S/C29H29N6O.HI/c1-35(2,3)19-21-12-28(36)34(16-21)25-8-9-26-24(13-25)18-32-17-23(22-6-4-20(15-30)5-7-22)14-27(32)29-31-10-11-33(26)29;/h4-11,13-14,17,21H,12,16,18-19H2,1-3H3;1H/q+1;/p-1/t21-;/m0./s1. The second-order valence-corrected chi connectivity index (χ2v) is 10.9. The number of rotatable bonds is 4. The third kappa shape index (κ3) is 4.69. The molecule has 0 aliphatic carbocycles. The lowest BCUT2D eigenvalue weighted by molar-refractivity contribution is -0.873. The maximum Gasteiger partial charge on any atom is 0.227 e. The molecule has 8 heteroatoms. The molecule has 2 aliphatic rings. The number of hydrogen-bond donors (Lipinski definition) is 0. The molecule has 2 aromatic carbocycles. The number of fused-ring (bicyclic) bond motifs is 5. The van der Waals surface area contributed by atoms with E-state index in [4.69, 9.17) is 5.26 Å². The molecular weight excluding hydrogens is 575 g/mol. The molecule has 1 saturated heterocycles. The number of hydrogen-bond acceptors (Lipinski definition) is 3. The van der Waals surface area contributed by atoms with E-state index in [-0.39, 0.29) is 29.9 Å². The summed E-state index contributed by atoms with van der Waals surface area (Å²) in [7, 11) is 6.54. The van der Waals surface area contributed by atoms with Gasteiger partial charge < -0.3 is 37.9 Å². The van der Waals surface area contributed by atoms with Crippen molar-refractivity contribution in [3.63, 3.8) is 0 Å². The van der Waals surface area contributed by atoms with Gasteiger partial charge in [-0.15, -0.1) is 0 Å². The number of amides is 1. The quantitative estimate of drug-likeness (QED) is 0.230. The highest BCUT2D eigenvalue weighted by atomic mass is 127. The molecule has 2 aliphatic heterocycles. The van der Waals surface area contributed by atoms with Crippen LogP contribution in [0.5, 0.6) is 0 Å². The number of aromatic nitrogens is 3. The van der Waals surface area contributed by atoms with Gasteiger partial charge in [-0.25, -0.2) is 4.98 Å². The van der Waals surface area contributed by atoms with E-state index in [2.05, 4.69) is 71.8 Å². The van der Waals surface area contributed by atoms with Crippen molar-refractivity contribution in [2.75, 3.05) is 39.1 Å². The number of nitriles is 1. The van der Waals surface area contributed by atoms with Crippen LogP contribution in [0, 0.1) is 17.2 Å². The van der Waals surface area contributed by atoms with Crippen molar-refractivity contribution < 1.29 is 33.3 Å². The Hall–Kier alpha value is -3.42. The number of carbonyl (C=O) groups excluding carboxylic acids is 1. The number of benzene rings is 2. The molecular formula is C29H29IN6O. The van der Waals surface area contributed by atoms with Crippen molar-refractivity contribution in [3.8, 4) is 34.4 Å². The molecule has 7 nitrogen and oxygen atoms in total. The summed E-state index contributed by atoms with van der Waals surface area (Å²) < 4.78 is 5.22. The highest BCUT2D eigenvalue weighted by molar-refractivity contribution is 5.96. The van der Waals surface area contributed by atoms with Crippen molar-refractivity contribution in [1.82, 2.24) is 14.1 Å². The van der Waals surface area contributed by atoms with Crippen LogP contribution in [0.1, 0.15) is 17.5 Å². The van der Waals surface area contributed by atoms with Crippen molar-refractivity contribution in [1.29, 1.82) is 5.26 Å². The fourth-order valence-electron chi connectivity index (χ4n) is 5.62. The van der Waals surface area contributed by atoms with Crippen molar-refractivity contribution in [2.45, 2.75) is 13.0 Å². The van der Waals surface area contributed by atoms with Gasteiger partial charge in [0.1, 0.15) is 0 Å². The number of carbonyl (C=O) groups is 1. The number of anilines is 1. The Kier molecular flexibility index (Phi) is 6.46. The minimum atomic E-state index is 0. The third-order valence-corrected chi connectivity index (χ3v) is 7.10. The average Bonchev–Trinajstić information content (AvgIpc) is 3.55. The summed E-state index contributed by atoms with van der Waals surface area (Å²) in [6.45, 7) is 2.43. The van der Waals surface area contributed by atoms with Gasteiger partial charge in [0, 0.05) is 55.3 Å². The molecule has 188 valence electrons. The van der Waals surface area contributed by atoms with Gasteiger partial charge in [-0.05, 0) is 47.5 Å². The van der Waals surface area contributed by atoms with E-state index in [1.54, 1.807) is 0 Å². The lowest BCUT2D eigenvalue weighted by Crippen LogP contribution is -3.00. The van der Waals surface area contributed by atoms with Crippen LogP contribution < -0.4 is 28.9 Å². The lowest BCUT2D eigenvalue weighted by atomic mass is 10.1. The fraction of sp³-hybridized carbons (Fsp3) is 0.276. The molecule has 0 bridgehead atoms. The molecule has 4 aromatic rings. The zero-order valence-corrected chi connectivity index (χ0v) is 23.4. The molecule has 0 spiro atoms. The van der Waals surface area contributed by atoms with E-state index in [0.29, 0.717) is 24.4 Å². The van der Waals surface area contributed by atoms with Crippen LogP contribution in [-0.4, -0.2) is 58.7 Å². The first kappa shape index (κ1) is 25.2. The highest BCUT2D eigenvalue weighted by Gasteiger charge is 2.34. The summed E-state index contributed by atoms with van der Waals surface area (Å²) in [5.74, 6) is 1.46. The van der Waals surface area contributed by atoms with Crippen molar-refractivity contribution >= 4 is 11.6 Å². The van der Waals surface area contributed by atoms with Gasteiger partial charge in [0.15, 0.2) is 5.82 Å². The summed E-state index contributed by atoms with van der Waals surface area (Å²) in [5.41, 5.74) is 7.04. The second-order valence-electron chi connectivity index (χ2n) is 10.9. The molecule has 0 saturated carbocycles. The molecule has 0 N–H and O–H groups in total. The monoisotopic (exact) mass is 604 g/mol. The van der Waals surface area contributed by atoms with E-state index >= 15 is 0 Å². The Morgan fingerprint density at radius 2 is 1.86 bits per heavy atom. The van der Waals surface area contributed by atoms with Gasteiger partial charge >= 0.3 is 0 Å². The smallest absolute Gasteiger partial charge is 0.227 e. The second kappa shape index (κ2) is 9.47. The molecule has 0 radical (unpaired) electrons. The first-order chi connectivity index (χ1) is 17.3. The molecule has 6 rings (SSSR count). The van der Waals surface area contributed by atoms with E-state index in [1.807, 2.05) is 41.6 Å². The highest BCUT2D eigenvalue weighted by Crippen LogP contribution is 2.36. The van der Waals surface area contributed by atoms with Gasteiger partial charge in [0.25, 0.3) is 0 Å². The Morgan fingerprint density at radius 1 is 1.08 bits per heavy atom. The summed E-state index contributed by atoms with van der Waals surface area (Å²) in [5, 5.41) is 9.13. The maximum atomic E-state index is 12.9. The Labute approximate surface area is 234 Å². The van der Waals surface area contributed by atoms with Gasteiger partial charge in [-0.2, -0.15) is 5.26 Å². The molecule has 1 fully saturated rings. The van der Waals surface area contributed by atoms with Crippen LogP contribution in [0.25, 0.3) is 28.3 Å². The minimum Gasteiger partial charge on any atom is -1.00 e. The Bertz CT molecular complexity index is 1520. The van der Waals surface area contributed by atoms with E-state index in [1.165, 1.54) is 0 Å². The number of nitrogens with zero attached hydrogens (tertiary/aromatic N) is 6. The predicted molar refractivity (Wildman–Crippen MR) is 140 cm³/mol. The summed E-state index contributed by atoms with van der Waals surface area (Å²) in [4.78, 5) is 19.6. The first-order valence-electron chi connectivity index (χ1n) is 12.3. The summed E-state index contributed by atoms with van der Waals surface area (Å²) in [6, 6.07) is 18.4. The molecule has 1 atom stereocenters. The molecule has 1 amide bonds. The molecule has 37 heavy (non-hydrogen) atoms. The average molecular weight is 604 g/mol. The van der Waals surface area contributed by atoms with Crippen molar-refractivity contribution in [2.24, 2.45) is 5.92 Å². The van der Waals surface area contributed by atoms with Crippen LogP contribution in [0.4, 0.5) is 5.69 Å². The van der Waals surface area contributed by atoms with Crippen LogP contribution in [0.2, 0.25) is 0 Å². The van der Waals surface area contributed by atoms with Gasteiger partial charge in [-0.1, -0.05) is 12.1 Å². The number of quaternary nitrogens is 1. The summed E-state index contributed by atoms with van der Waals surface area (Å²) >= 11 is 0. The van der Waals surface area contributed by atoms with Crippen LogP contribution in [0.15, 0.2) is 67.1 Å². The van der Waals surface area contributed by atoms with Gasteiger partial charge in [0.05, 0.1) is 50.7 Å². The Morgan fingerprint density at radius 3 is 2.59 bits per heavy atom. The largest absolute Gasteiger partial charge is 1.00 e. The van der Waals surface area contributed by atoms with E-state index in [9.17, 15) is 4.79 Å². The molecule has 2 aromatic heterocycles. The normalized spacial score (nSPS) is 16.3. The van der Waals surface area contributed by atoms with Crippen LogP contribution in [0.3, 0.4) is 0 Å². The van der Waals surface area contributed by atoms with Crippen LogP contribution in [-0.2, 0) is 11.3 Å². The topological polar surface area (TPSA) is 66.8 Å². The SMILES string of the molecule is C[N+](C)(C)C[C@H]1CC(=O)N(c2ccc3c(c2)Cn2cc(-c4ccc(C#N)cc4)cc2-c2nccn2-3)C1.[I-]. The zero-order valence-electron chi connectivity index (χ0n) is 21.2. The van der Waals surface area contributed by atoms with Crippen molar-refractivity contribution in [3.05, 3.63) is 78.2 Å². The number of halogens is 1. The predicted octanol–water partition coefficient (Wildman–Crippen LogP) is 1.30. The molecule has 4 heterocycles. The summed E-state index contributed by atoms with van der Waals surface area (Å²) in [6.07, 6.45) is 6.58. The van der Waals surface area contributed by atoms with Gasteiger partial charge in [0.2, 0.25) is 5.91 Å². The maximum absolute atomic E-state index is 12.9. The van der Waals surface area contributed by atoms with E-state index in [0.717, 1.165) is 57.2 Å². The fourth-order valence-corrected chi connectivity index (χ4v) is 5.62. The zero-order chi connectivity index (χ0) is 25.0. The van der Waals surface area contributed by atoms with E-state index < -0.39 is 0 Å².